The van der Waals surface area contributed by atoms with E-state index in [1.165, 1.54) is 43.7 Å². The van der Waals surface area contributed by atoms with Gasteiger partial charge in [-0.2, -0.15) is 0 Å². The van der Waals surface area contributed by atoms with Gasteiger partial charge in [-0.1, -0.05) is 158 Å². The second-order valence-electron chi connectivity index (χ2n) is 13.6. The summed E-state index contributed by atoms with van der Waals surface area (Å²) < 4.78 is 2.42. The maximum Gasteiger partial charge on any atom is 0.0619 e. The van der Waals surface area contributed by atoms with Crippen LogP contribution in [0.15, 0.2) is 206 Å². The molecule has 0 bridgehead atoms. The molecule has 2 heteroatoms. The first kappa shape index (κ1) is 31.4. The first-order valence-electron chi connectivity index (χ1n) is 18.4. The third-order valence-corrected chi connectivity index (χ3v) is 10.4. The number of fused-ring (bicyclic) bond motifs is 5. The van der Waals surface area contributed by atoms with E-state index in [0.29, 0.717) is 0 Å². The molecule has 0 amide bonds. The molecule has 0 radical (unpaired) electrons. The number of para-hydroxylation sites is 2. The molecule has 1 aromatic heterocycles. The molecule has 0 aliphatic rings. The van der Waals surface area contributed by atoms with E-state index < -0.39 is 0 Å². The maximum absolute atomic E-state index is 3.50. The van der Waals surface area contributed by atoms with Crippen LogP contribution in [0.25, 0.3) is 71.6 Å². The number of rotatable bonds is 7. The van der Waals surface area contributed by atoms with E-state index in [4.69, 9.17) is 0 Å². The second kappa shape index (κ2) is 13.3. The van der Waals surface area contributed by atoms with Crippen LogP contribution in [0.3, 0.4) is 0 Å². The highest BCUT2D eigenvalue weighted by Gasteiger charge is 2.19. The minimum absolute atomic E-state index is 0.991. The van der Waals surface area contributed by atoms with Gasteiger partial charge >= 0.3 is 0 Å². The zero-order valence-corrected chi connectivity index (χ0v) is 29.5. The van der Waals surface area contributed by atoms with E-state index in [9.17, 15) is 0 Å². The Bertz CT molecular complexity index is 2890. The maximum atomic E-state index is 3.50. The fourth-order valence-electron chi connectivity index (χ4n) is 7.83. The SMILES string of the molecule is c1c(-c2ccccc2)ccc(-c2ccccc2N(c2ccc(-c3ccccc3)cc2)c2ccc(-n3c4ccccc4c4ccc5ccccc5c43)cc2)c#1. The summed E-state index contributed by atoms with van der Waals surface area (Å²) in [5.74, 6) is 0. The van der Waals surface area contributed by atoms with E-state index in [2.05, 4.69) is 222 Å². The van der Waals surface area contributed by atoms with E-state index in [1.54, 1.807) is 0 Å². The van der Waals surface area contributed by atoms with Gasteiger partial charge in [0.15, 0.2) is 0 Å². The van der Waals surface area contributed by atoms with E-state index >= 15 is 0 Å². The molecule has 0 atom stereocenters. The smallest absolute Gasteiger partial charge is 0.0619 e. The summed E-state index contributed by atoms with van der Waals surface area (Å²) in [7, 11) is 0. The van der Waals surface area contributed by atoms with Crippen molar-refractivity contribution >= 4 is 49.6 Å². The zero-order chi connectivity index (χ0) is 35.8. The van der Waals surface area contributed by atoms with Gasteiger partial charge in [-0.15, -0.1) is 0 Å². The molecule has 10 rings (SSSR count). The van der Waals surface area contributed by atoms with Crippen molar-refractivity contribution in [3.05, 3.63) is 218 Å². The van der Waals surface area contributed by atoms with Crippen molar-refractivity contribution in [3.63, 3.8) is 0 Å². The van der Waals surface area contributed by atoms with Gasteiger partial charge in [-0.3, -0.25) is 0 Å². The van der Waals surface area contributed by atoms with Gasteiger partial charge in [-0.25, -0.2) is 0 Å². The molecule has 10 aromatic rings. The molecule has 0 saturated heterocycles. The molecule has 0 spiro atoms. The van der Waals surface area contributed by atoms with Gasteiger partial charge in [0.25, 0.3) is 0 Å². The van der Waals surface area contributed by atoms with E-state index in [0.717, 1.165) is 45.0 Å². The standard InChI is InChI=1S/C52H34N2/c1-3-13-37(14-4-1)39-23-25-42(26-24-39)46-18-9-11-21-50(46)53(43-30-27-40(28-31-43)38-15-5-2-6-16-38)44-32-34-45(35-33-44)54-51-22-12-10-20-48(51)49-36-29-41-17-7-8-19-47(41)52(49)54/h1-23,25,27-36H. The summed E-state index contributed by atoms with van der Waals surface area (Å²) in [6, 6.07) is 80.5. The lowest BCUT2D eigenvalue weighted by atomic mass is 10.00. The molecular weight excluding hydrogens is 653 g/mol. The highest BCUT2D eigenvalue weighted by Crippen LogP contribution is 2.42. The number of nitrogens with zero attached hydrogens (tertiary/aromatic N) is 2. The zero-order valence-electron chi connectivity index (χ0n) is 29.5. The fraction of sp³-hybridized carbons (Fsp3) is 0. The lowest BCUT2D eigenvalue weighted by Crippen LogP contribution is -2.11. The fourth-order valence-corrected chi connectivity index (χ4v) is 7.83. The molecule has 252 valence electrons. The molecule has 2 nitrogen and oxygen atoms in total. The van der Waals surface area contributed by atoms with E-state index in [-0.39, 0.29) is 0 Å². The first-order valence-corrected chi connectivity index (χ1v) is 18.4. The minimum Gasteiger partial charge on any atom is -0.310 e. The van der Waals surface area contributed by atoms with Crippen LogP contribution in [0, 0.1) is 12.1 Å². The number of hydrogen-bond donors (Lipinski definition) is 0. The Morgan fingerprint density at radius 3 is 1.69 bits per heavy atom. The average Bonchev–Trinajstić information content (AvgIpc) is 3.60. The number of hydrogen-bond acceptors (Lipinski definition) is 1. The predicted molar refractivity (Wildman–Crippen MR) is 227 cm³/mol. The molecule has 0 aliphatic heterocycles. The second-order valence-corrected chi connectivity index (χ2v) is 13.6. The van der Waals surface area contributed by atoms with Crippen LogP contribution < -0.4 is 4.90 Å². The Morgan fingerprint density at radius 2 is 0.944 bits per heavy atom. The van der Waals surface area contributed by atoms with Crippen LogP contribution in [-0.2, 0) is 0 Å². The summed E-state index contributed by atoms with van der Waals surface area (Å²) >= 11 is 0. The molecule has 1 heterocycles. The van der Waals surface area contributed by atoms with Crippen molar-refractivity contribution in [2.75, 3.05) is 4.90 Å². The Balaban J connectivity index is 1.12. The van der Waals surface area contributed by atoms with Crippen LogP contribution in [0.2, 0.25) is 0 Å². The predicted octanol–water partition coefficient (Wildman–Crippen LogP) is 14.0. The average molecular weight is 687 g/mol. The monoisotopic (exact) mass is 686 g/mol. The Labute approximate surface area is 315 Å². The van der Waals surface area contributed by atoms with Gasteiger partial charge in [-0.05, 0) is 82.7 Å². The van der Waals surface area contributed by atoms with Crippen LogP contribution in [0.4, 0.5) is 17.1 Å². The van der Waals surface area contributed by atoms with E-state index in [1.807, 2.05) is 6.07 Å². The third kappa shape index (κ3) is 5.48. The largest absolute Gasteiger partial charge is 0.310 e. The van der Waals surface area contributed by atoms with Crippen LogP contribution >= 0.6 is 0 Å². The van der Waals surface area contributed by atoms with Crippen LogP contribution in [-0.4, -0.2) is 4.57 Å². The van der Waals surface area contributed by atoms with Crippen molar-refractivity contribution < 1.29 is 0 Å². The van der Waals surface area contributed by atoms with Crippen molar-refractivity contribution in [1.29, 1.82) is 0 Å². The van der Waals surface area contributed by atoms with Gasteiger partial charge in [0.05, 0.1) is 16.7 Å². The summed E-state index contributed by atoms with van der Waals surface area (Å²) in [5.41, 5.74) is 13.4. The summed E-state index contributed by atoms with van der Waals surface area (Å²) in [6.07, 6.45) is 0. The highest BCUT2D eigenvalue weighted by molar-refractivity contribution is 6.18. The Morgan fingerprint density at radius 1 is 0.370 bits per heavy atom. The lowest BCUT2D eigenvalue weighted by molar-refractivity contribution is 1.18. The number of benzene rings is 8. The van der Waals surface area contributed by atoms with Crippen molar-refractivity contribution in [2.45, 2.75) is 0 Å². The van der Waals surface area contributed by atoms with Gasteiger partial charge in [0, 0.05) is 49.9 Å². The van der Waals surface area contributed by atoms with Crippen LogP contribution in [0.5, 0.6) is 0 Å². The molecule has 0 N–H and O–H groups in total. The minimum atomic E-state index is 0.991. The normalized spacial score (nSPS) is 11.2. The van der Waals surface area contributed by atoms with Crippen LogP contribution in [0.1, 0.15) is 0 Å². The first-order chi connectivity index (χ1) is 26.8. The van der Waals surface area contributed by atoms with Crippen molar-refractivity contribution in [2.24, 2.45) is 0 Å². The number of aromatic nitrogens is 1. The molecule has 0 aliphatic carbocycles. The summed E-state index contributed by atoms with van der Waals surface area (Å²) in [5, 5.41) is 4.99. The van der Waals surface area contributed by atoms with Gasteiger partial charge in [0.1, 0.15) is 0 Å². The Hall–Kier alpha value is -7.34. The van der Waals surface area contributed by atoms with Crippen molar-refractivity contribution in [1.82, 2.24) is 4.57 Å². The number of anilines is 3. The molecule has 0 fully saturated rings. The molecule has 0 saturated carbocycles. The highest BCUT2D eigenvalue weighted by atomic mass is 15.1. The molecule has 9 aromatic carbocycles. The Kier molecular flexibility index (Phi) is 7.75. The van der Waals surface area contributed by atoms with Gasteiger partial charge < -0.3 is 9.47 Å². The third-order valence-electron chi connectivity index (χ3n) is 10.4. The molecular formula is C52H34N2. The molecule has 0 unspecified atom stereocenters. The topological polar surface area (TPSA) is 8.17 Å². The quantitative estimate of drug-likeness (QED) is 0.162. The van der Waals surface area contributed by atoms with Crippen molar-refractivity contribution in [3.8, 4) is 39.1 Å². The molecule has 54 heavy (non-hydrogen) atoms. The summed E-state index contributed by atoms with van der Waals surface area (Å²) in [4.78, 5) is 2.36. The van der Waals surface area contributed by atoms with Gasteiger partial charge in [0.2, 0.25) is 0 Å². The lowest BCUT2D eigenvalue weighted by Gasteiger charge is -2.28. The summed E-state index contributed by atoms with van der Waals surface area (Å²) in [6.45, 7) is 0.